The van der Waals surface area contributed by atoms with Gasteiger partial charge in [-0.2, -0.15) is 0 Å². The zero-order valence-electron chi connectivity index (χ0n) is 21.6. The maximum Gasteiger partial charge on any atom is 0.324 e. The fraction of sp³-hybridized carbons (Fsp3) is 0.826. The van der Waals surface area contributed by atoms with Crippen LogP contribution in [0.5, 0.6) is 0 Å². The molecule has 0 saturated carbocycles. The Bertz CT molecular complexity index is 551. The van der Waals surface area contributed by atoms with Crippen molar-refractivity contribution in [3.05, 3.63) is 0 Å². The summed E-state index contributed by atoms with van der Waals surface area (Å²) in [5.74, 6) is -0.516. The highest BCUT2D eigenvalue weighted by Crippen LogP contribution is 2.01. The van der Waals surface area contributed by atoms with Gasteiger partial charge in [0, 0.05) is 26.2 Å². The van der Waals surface area contributed by atoms with E-state index >= 15 is 0 Å². The minimum atomic E-state index is -0.329. The molecule has 0 spiro atoms. The number of hydrogen-bond donors (Lipinski definition) is 6. The zero-order chi connectivity index (χ0) is 25.8. The van der Waals surface area contributed by atoms with Crippen molar-refractivity contribution in [1.82, 2.24) is 25.3 Å². The smallest absolute Gasteiger partial charge is 0.324 e. The molecule has 0 aromatic carbocycles. The number of nitrogens with one attached hydrogen (secondary N) is 4. The van der Waals surface area contributed by atoms with E-state index in [0.29, 0.717) is 52.1 Å². The van der Waals surface area contributed by atoms with E-state index in [4.69, 9.17) is 22.3 Å². The van der Waals surface area contributed by atoms with Crippen molar-refractivity contribution in [3.8, 4) is 0 Å². The molecule has 0 radical (unpaired) electrons. The van der Waals surface area contributed by atoms with E-state index in [0.717, 1.165) is 51.4 Å². The molecule has 198 valence electrons. The van der Waals surface area contributed by atoms with E-state index in [1.54, 1.807) is 0 Å². The summed E-state index contributed by atoms with van der Waals surface area (Å²) >= 11 is 0. The van der Waals surface area contributed by atoms with Crippen LogP contribution in [0.25, 0.3) is 0 Å². The monoisotopic (exact) mass is 483 g/mol. The number of carbonyl (C=O) groups is 2. The highest BCUT2D eigenvalue weighted by atomic mass is 16.2. The van der Waals surface area contributed by atoms with Crippen LogP contribution in [0.2, 0.25) is 0 Å². The number of amides is 4. The Hall–Kier alpha value is -2.56. The number of hydrogen-bond acceptors (Lipinski definition) is 5. The first-order valence-corrected chi connectivity index (χ1v) is 12.7. The molecule has 11 heteroatoms. The van der Waals surface area contributed by atoms with Crippen LogP contribution < -0.4 is 22.1 Å². The molecular weight excluding hydrogens is 434 g/mol. The van der Waals surface area contributed by atoms with Gasteiger partial charge < -0.3 is 27.0 Å². The Morgan fingerprint density at radius 3 is 1.35 bits per heavy atom. The van der Waals surface area contributed by atoms with Gasteiger partial charge in [0.15, 0.2) is 11.9 Å². The molecule has 0 aromatic heterocycles. The molecule has 0 atom stereocenters. The van der Waals surface area contributed by atoms with Crippen LogP contribution in [0.15, 0.2) is 0 Å². The highest BCUT2D eigenvalue weighted by Gasteiger charge is 2.17. The number of guanidine groups is 2. The van der Waals surface area contributed by atoms with Crippen LogP contribution in [-0.2, 0) is 0 Å². The summed E-state index contributed by atoms with van der Waals surface area (Å²) in [5, 5.41) is 21.0. The van der Waals surface area contributed by atoms with Crippen LogP contribution in [0.3, 0.4) is 0 Å². The standard InChI is InChI=1S/C23H49N9O2/c1-4-6-8-10-14-28-22(33)31(20(24)25)18-12-16-30(3)17-13-19-32(21(26)27)23(34)29-15-11-9-7-5-2/h4-19H2,1-3H3,(H3,24,25)(H3,26,27)(H,28,33)(H,29,34). The Labute approximate surface area is 206 Å². The Morgan fingerprint density at radius 1 is 0.647 bits per heavy atom. The van der Waals surface area contributed by atoms with Crippen LogP contribution in [0, 0.1) is 10.8 Å². The van der Waals surface area contributed by atoms with E-state index in [9.17, 15) is 9.59 Å². The van der Waals surface area contributed by atoms with Gasteiger partial charge in [-0.1, -0.05) is 52.4 Å². The normalized spacial score (nSPS) is 10.7. The Kier molecular flexibility index (Phi) is 18.4. The lowest BCUT2D eigenvalue weighted by Crippen LogP contribution is -2.48. The zero-order valence-corrected chi connectivity index (χ0v) is 21.6. The molecule has 0 aliphatic heterocycles. The van der Waals surface area contributed by atoms with Gasteiger partial charge in [0.05, 0.1) is 0 Å². The average molecular weight is 484 g/mol. The van der Waals surface area contributed by atoms with Gasteiger partial charge >= 0.3 is 12.1 Å². The molecule has 0 unspecified atom stereocenters. The third kappa shape index (κ3) is 15.3. The van der Waals surface area contributed by atoms with Crippen LogP contribution in [-0.4, -0.2) is 85.0 Å². The maximum absolute atomic E-state index is 12.3. The molecule has 0 fully saturated rings. The first kappa shape index (κ1) is 31.4. The number of nitrogens with zero attached hydrogens (tertiary/aromatic N) is 3. The van der Waals surface area contributed by atoms with Crippen molar-refractivity contribution in [2.45, 2.75) is 78.1 Å². The SMILES string of the molecule is CCCCCCNC(=O)N(CCCN(C)CCCN(C(=N)N)C(=O)NCCCCCC)C(=N)N. The van der Waals surface area contributed by atoms with Gasteiger partial charge in [-0.25, -0.2) is 9.59 Å². The molecule has 0 heterocycles. The molecule has 0 saturated heterocycles. The molecule has 0 aromatic rings. The number of nitrogens with two attached hydrogens (primary N) is 2. The molecule has 0 bridgehead atoms. The molecule has 0 aliphatic carbocycles. The van der Waals surface area contributed by atoms with Gasteiger partial charge in [-0.05, 0) is 45.8 Å². The molecule has 8 N–H and O–H groups in total. The first-order chi connectivity index (χ1) is 16.2. The Morgan fingerprint density at radius 2 is 1.03 bits per heavy atom. The van der Waals surface area contributed by atoms with Gasteiger partial charge in [-0.3, -0.25) is 20.6 Å². The van der Waals surface area contributed by atoms with E-state index in [-0.39, 0.29) is 24.0 Å². The first-order valence-electron chi connectivity index (χ1n) is 12.7. The molecule has 34 heavy (non-hydrogen) atoms. The number of rotatable bonds is 18. The number of urea groups is 2. The van der Waals surface area contributed by atoms with Crippen molar-refractivity contribution in [3.63, 3.8) is 0 Å². The quantitative estimate of drug-likeness (QED) is 0.0999. The average Bonchev–Trinajstić information content (AvgIpc) is 2.78. The minimum absolute atomic E-state index is 0.258. The van der Waals surface area contributed by atoms with E-state index in [1.807, 2.05) is 7.05 Å². The molecule has 0 rings (SSSR count). The second kappa shape index (κ2) is 19.9. The number of carbonyl (C=O) groups excluding carboxylic acids is 2. The minimum Gasteiger partial charge on any atom is -0.370 e. The largest absolute Gasteiger partial charge is 0.370 e. The van der Waals surface area contributed by atoms with Crippen molar-refractivity contribution < 1.29 is 9.59 Å². The molecule has 0 aliphatic rings. The Balaban J connectivity index is 4.25. The lowest BCUT2D eigenvalue weighted by molar-refractivity contribution is 0.214. The van der Waals surface area contributed by atoms with Gasteiger partial charge in [0.25, 0.3) is 0 Å². The molecule has 4 amide bonds. The summed E-state index contributed by atoms with van der Waals surface area (Å²) in [6.07, 6.45) is 9.87. The van der Waals surface area contributed by atoms with Gasteiger partial charge in [-0.15, -0.1) is 0 Å². The molecular formula is C23H49N9O2. The summed E-state index contributed by atoms with van der Waals surface area (Å²) in [6.45, 7) is 7.58. The van der Waals surface area contributed by atoms with Crippen LogP contribution >= 0.6 is 0 Å². The third-order valence-corrected chi connectivity index (χ3v) is 5.53. The van der Waals surface area contributed by atoms with E-state index in [2.05, 4.69) is 29.4 Å². The predicted octanol–water partition coefficient (Wildman–Crippen LogP) is 2.67. The van der Waals surface area contributed by atoms with Gasteiger partial charge in [0.2, 0.25) is 0 Å². The van der Waals surface area contributed by atoms with Crippen LogP contribution in [0.1, 0.15) is 78.1 Å². The summed E-state index contributed by atoms with van der Waals surface area (Å²) in [4.78, 5) is 29.2. The third-order valence-electron chi connectivity index (χ3n) is 5.53. The van der Waals surface area contributed by atoms with E-state index in [1.165, 1.54) is 9.80 Å². The second-order valence-electron chi connectivity index (χ2n) is 8.67. The van der Waals surface area contributed by atoms with Crippen molar-refractivity contribution in [1.29, 1.82) is 10.8 Å². The van der Waals surface area contributed by atoms with Gasteiger partial charge in [0.1, 0.15) is 0 Å². The lowest BCUT2D eigenvalue weighted by Gasteiger charge is -2.24. The van der Waals surface area contributed by atoms with Crippen molar-refractivity contribution >= 4 is 24.0 Å². The number of unbranched alkanes of at least 4 members (excludes halogenated alkanes) is 6. The predicted molar refractivity (Wildman–Crippen MR) is 139 cm³/mol. The summed E-state index contributed by atoms with van der Waals surface area (Å²) in [7, 11) is 1.96. The fourth-order valence-electron chi connectivity index (χ4n) is 3.46. The highest BCUT2D eigenvalue weighted by molar-refractivity contribution is 5.94. The summed E-state index contributed by atoms with van der Waals surface area (Å²) in [6, 6.07) is -0.658. The second-order valence-corrected chi connectivity index (χ2v) is 8.67. The summed E-state index contributed by atoms with van der Waals surface area (Å²) < 4.78 is 0. The van der Waals surface area contributed by atoms with E-state index < -0.39 is 0 Å². The topological polar surface area (TPSA) is 168 Å². The maximum atomic E-state index is 12.3. The summed E-state index contributed by atoms with van der Waals surface area (Å²) in [5.41, 5.74) is 11.2. The van der Waals surface area contributed by atoms with Crippen molar-refractivity contribution in [2.75, 3.05) is 46.3 Å². The molecule has 11 nitrogen and oxygen atoms in total. The lowest BCUT2D eigenvalue weighted by atomic mass is 10.2. The van der Waals surface area contributed by atoms with Crippen molar-refractivity contribution in [2.24, 2.45) is 11.5 Å². The van der Waals surface area contributed by atoms with Crippen LogP contribution in [0.4, 0.5) is 9.59 Å². The fourth-order valence-corrected chi connectivity index (χ4v) is 3.46.